The van der Waals surface area contributed by atoms with E-state index in [9.17, 15) is 14.7 Å². The van der Waals surface area contributed by atoms with E-state index in [0.717, 1.165) is 0 Å². The van der Waals surface area contributed by atoms with Crippen LogP contribution in [0.15, 0.2) is 42.5 Å². The van der Waals surface area contributed by atoms with Crippen molar-refractivity contribution in [2.45, 2.75) is 0 Å². The second-order valence-corrected chi connectivity index (χ2v) is 3.90. The zero-order chi connectivity index (χ0) is 12.0. The van der Waals surface area contributed by atoms with Gasteiger partial charge in [-0.2, -0.15) is 0 Å². The van der Waals surface area contributed by atoms with Gasteiger partial charge in [-0.3, -0.25) is 9.59 Å². The zero-order valence-electron chi connectivity index (χ0n) is 9.31. The minimum absolute atomic E-state index is 0. The molecule has 3 rings (SSSR count). The van der Waals surface area contributed by atoms with Gasteiger partial charge < -0.3 is 10.6 Å². The highest BCUT2D eigenvalue weighted by Crippen LogP contribution is 2.32. The fraction of sp³-hybridized carbons (Fsp3) is 0. The minimum Gasteiger partial charge on any atom is -0.507 e. The molecule has 18 heavy (non-hydrogen) atoms. The van der Waals surface area contributed by atoms with Crippen molar-refractivity contribution < 1.29 is 20.2 Å². The first kappa shape index (κ1) is 12.0. The van der Waals surface area contributed by atoms with Crippen LogP contribution in [0, 0.1) is 0 Å². The number of aromatic hydroxyl groups is 1. The summed E-state index contributed by atoms with van der Waals surface area (Å²) in [6, 6.07) is 11.2. The quantitative estimate of drug-likeness (QED) is 0.645. The number of benzene rings is 2. The maximum atomic E-state index is 12.2. The Morgan fingerprint density at radius 3 is 1.94 bits per heavy atom. The largest absolute Gasteiger partial charge is 0.507 e. The molecule has 2 aromatic rings. The third-order valence-electron chi connectivity index (χ3n) is 2.93. The van der Waals surface area contributed by atoms with E-state index in [1.54, 1.807) is 36.4 Å². The molecule has 4 nitrogen and oxygen atoms in total. The molecule has 0 aromatic heterocycles. The van der Waals surface area contributed by atoms with Gasteiger partial charge >= 0.3 is 0 Å². The molecule has 2 aromatic carbocycles. The van der Waals surface area contributed by atoms with Gasteiger partial charge in [0.05, 0.1) is 5.56 Å². The van der Waals surface area contributed by atoms with E-state index < -0.39 is 0 Å². The molecule has 0 heterocycles. The van der Waals surface area contributed by atoms with Crippen molar-refractivity contribution in [2.75, 3.05) is 0 Å². The first-order chi connectivity index (χ1) is 8.20. The van der Waals surface area contributed by atoms with Crippen LogP contribution >= 0.6 is 0 Å². The Hall–Kier alpha value is -2.46. The van der Waals surface area contributed by atoms with Crippen LogP contribution in [0.25, 0.3) is 0 Å². The summed E-state index contributed by atoms with van der Waals surface area (Å²) in [5, 5.41) is 9.70. The Kier molecular flexibility index (Phi) is 2.73. The molecule has 0 aliphatic heterocycles. The lowest BCUT2D eigenvalue weighted by molar-refractivity contribution is 0.0976. The molecule has 3 N–H and O–H groups in total. The fourth-order valence-electron chi connectivity index (χ4n) is 2.13. The lowest BCUT2D eigenvalue weighted by atomic mass is 9.84. The second kappa shape index (κ2) is 4.09. The van der Waals surface area contributed by atoms with Gasteiger partial charge in [-0.15, -0.1) is 0 Å². The molecule has 0 radical (unpaired) electrons. The molecule has 0 spiro atoms. The molecule has 0 fully saturated rings. The number of hydrogen-bond donors (Lipinski definition) is 1. The lowest BCUT2D eigenvalue weighted by Crippen LogP contribution is -2.20. The van der Waals surface area contributed by atoms with Crippen LogP contribution in [0.4, 0.5) is 0 Å². The first-order valence-corrected chi connectivity index (χ1v) is 5.20. The monoisotopic (exact) mass is 242 g/mol. The van der Waals surface area contributed by atoms with Crippen molar-refractivity contribution in [3.8, 4) is 5.75 Å². The van der Waals surface area contributed by atoms with Gasteiger partial charge in [0.25, 0.3) is 0 Å². The fourth-order valence-corrected chi connectivity index (χ4v) is 2.13. The van der Waals surface area contributed by atoms with Crippen LogP contribution in [0.5, 0.6) is 5.75 Å². The average molecular weight is 242 g/mol. The molecule has 4 heteroatoms. The molecule has 0 bridgehead atoms. The van der Waals surface area contributed by atoms with Crippen LogP contribution in [0.3, 0.4) is 0 Å². The molecule has 0 atom stereocenters. The Bertz CT molecular complexity index is 659. The maximum Gasteiger partial charge on any atom is 0.198 e. The summed E-state index contributed by atoms with van der Waals surface area (Å²) < 4.78 is 0. The smallest absolute Gasteiger partial charge is 0.198 e. The highest BCUT2D eigenvalue weighted by atomic mass is 16.3. The van der Waals surface area contributed by atoms with Crippen molar-refractivity contribution >= 4 is 11.6 Å². The summed E-state index contributed by atoms with van der Waals surface area (Å²) >= 11 is 0. The van der Waals surface area contributed by atoms with E-state index in [1.807, 2.05) is 0 Å². The van der Waals surface area contributed by atoms with Crippen LogP contribution in [0.2, 0.25) is 0 Å². The third-order valence-corrected chi connectivity index (χ3v) is 2.93. The van der Waals surface area contributed by atoms with E-state index >= 15 is 0 Å². The first-order valence-electron chi connectivity index (χ1n) is 5.20. The van der Waals surface area contributed by atoms with Gasteiger partial charge in [0.2, 0.25) is 0 Å². The van der Waals surface area contributed by atoms with Gasteiger partial charge in [0.1, 0.15) is 5.75 Å². The predicted octanol–water partition coefficient (Wildman–Crippen LogP) is 1.34. The Labute approximate surface area is 103 Å². The zero-order valence-corrected chi connectivity index (χ0v) is 9.31. The van der Waals surface area contributed by atoms with Crippen molar-refractivity contribution in [3.63, 3.8) is 0 Å². The summed E-state index contributed by atoms with van der Waals surface area (Å²) in [6.07, 6.45) is 0. The average Bonchev–Trinajstić information content (AvgIpc) is 2.36. The Morgan fingerprint density at radius 2 is 1.28 bits per heavy atom. The Balaban J connectivity index is 0.00000120. The number of carbonyl (C=O) groups is 2. The van der Waals surface area contributed by atoms with Crippen LogP contribution < -0.4 is 0 Å². The predicted molar refractivity (Wildman–Crippen MR) is 65.0 cm³/mol. The number of phenolic OH excluding ortho intramolecular Hbond substituents is 1. The highest BCUT2D eigenvalue weighted by molar-refractivity contribution is 6.29. The maximum absolute atomic E-state index is 12.2. The van der Waals surface area contributed by atoms with Gasteiger partial charge in [-0.25, -0.2) is 0 Å². The number of hydrogen-bond acceptors (Lipinski definition) is 3. The molecular formula is C14H10O4. The summed E-state index contributed by atoms with van der Waals surface area (Å²) in [4.78, 5) is 24.3. The topological polar surface area (TPSA) is 85.9 Å². The summed E-state index contributed by atoms with van der Waals surface area (Å²) in [5.41, 5.74) is 1.13. The minimum atomic E-state index is -0.298. The van der Waals surface area contributed by atoms with Crippen molar-refractivity contribution in [1.82, 2.24) is 0 Å². The van der Waals surface area contributed by atoms with Crippen LogP contribution in [0.1, 0.15) is 31.8 Å². The van der Waals surface area contributed by atoms with E-state index in [1.165, 1.54) is 6.07 Å². The van der Waals surface area contributed by atoms with Gasteiger partial charge in [0.15, 0.2) is 11.6 Å². The van der Waals surface area contributed by atoms with Crippen molar-refractivity contribution in [1.29, 1.82) is 0 Å². The van der Waals surface area contributed by atoms with Gasteiger partial charge in [0, 0.05) is 16.7 Å². The van der Waals surface area contributed by atoms with Crippen LogP contribution in [-0.4, -0.2) is 22.1 Å². The standard InChI is InChI=1S/C14H8O3.H2O/c15-11-7-3-6-10-12(11)14(17)9-5-2-1-4-8(9)13(10)16;/h1-7,15H;1H2. The van der Waals surface area contributed by atoms with E-state index in [4.69, 9.17) is 0 Å². The molecule has 90 valence electrons. The lowest BCUT2D eigenvalue weighted by Gasteiger charge is -2.17. The highest BCUT2D eigenvalue weighted by Gasteiger charge is 2.31. The second-order valence-electron chi connectivity index (χ2n) is 3.90. The Morgan fingerprint density at radius 1 is 0.722 bits per heavy atom. The van der Waals surface area contributed by atoms with E-state index in [0.29, 0.717) is 11.1 Å². The van der Waals surface area contributed by atoms with Crippen LogP contribution in [-0.2, 0) is 0 Å². The molecule has 1 aliphatic carbocycles. The number of ketones is 2. The molecular weight excluding hydrogens is 232 g/mol. The summed E-state index contributed by atoms with van der Waals surface area (Å²) in [6.45, 7) is 0. The van der Waals surface area contributed by atoms with Gasteiger partial charge in [-0.1, -0.05) is 36.4 Å². The number of fused-ring (bicyclic) bond motifs is 2. The van der Waals surface area contributed by atoms with Crippen molar-refractivity contribution in [2.24, 2.45) is 0 Å². The summed E-state index contributed by atoms with van der Waals surface area (Å²) in [7, 11) is 0. The molecule has 0 unspecified atom stereocenters. The number of carbonyl (C=O) groups excluding carboxylic acids is 2. The normalized spacial score (nSPS) is 12.4. The molecule has 1 aliphatic rings. The van der Waals surface area contributed by atoms with Crippen molar-refractivity contribution in [3.05, 3.63) is 64.7 Å². The van der Waals surface area contributed by atoms with E-state index in [-0.39, 0.29) is 33.9 Å². The molecule has 0 saturated heterocycles. The third kappa shape index (κ3) is 1.43. The van der Waals surface area contributed by atoms with Gasteiger partial charge in [-0.05, 0) is 6.07 Å². The molecule has 0 amide bonds. The number of rotatable bonds is 0. The SMILES string of the molecule is O.O=C1c2ccccc2C(=O)c2c(O)cccc21. The summed E-state index contributed by atoms with van der Waals surface area (Å²) in [5.74, 6) is -0.658. The molecule has 0 saturated carbocycles. The number of phenols is 1. The van der Waals surface area contributed by atoms with E-state index in [2.05, 4.69) is 0 Å².